The number of nitrogens with zero attached hydrogens (tertiary/aromatic N) is 2. The van der Waals surface area contributed by atoms with Gasteiger partial charge in [-0.15, -0.1) is 0 Å². The van der Waals surface area contributed by atoms with Crippen LogP contribution < -0.4 is 5.32 Å². The molecule has 0 atom stereocenters. The van der Waals surface area contributed by atoms with E-state index in [0.29, 0.717) is 14.9 Å². The molecular weight excluding hydrogens is 266 g/mol. The second kappa shape index (κ2) is 4.47. The first-order valence-electron chi connectivity index (χ1n) is 5.19. The summed E-state index contributed by atoms with van der Waals surface area (Å²) in [6.07, 6.45) is 3.34. The first kappa shape index (κ1) is 11.3. The molecule has 0 radical (unpaired) electrons. The Bertz CT molecular complexity index is 697. The number of carbonyl (C=O) groups is 1. The molecule has 1 aromatic heterocycles. The van der Waals surface area contributed by atoms with Gasteiger partial charge in [-0.05, 0) is 18.2 Å². The molecule has 6 heteroatoms. The molecule has 0 unspecified atom stereocenters. The zero-order valence-corrected chi connectivity index (χ0v) is 10.7. The number of hydrogen-bond acceptors (Lipinski definition) is 5. The number of thioether (sulfide) groups is 1. The van der Waals surface area contributed by atoms with Gasteiger partial charge in [-0.2, -0.15) is 0 Å². The summed E-state index contributed by atoms with van der Waals surface area (Å²) < 4.78 is 0.472. The van der Waals surface area contributed by atoms with E-state index in [-0.39, 0.29) is 5.91 Å². The topological polar surface area (TPSA) is 54.9 Å². The summed E-state index contributed by atoms with van der Waals surface area (Å²) in [6, 6.07) is 7.59. The van der Waals surface area contributed by atoms with Gasteiger partial charge in [0.1, 0.15) is 4.32 Å². The van der Waals surface area contributed by atoms with Gasteiger partial charge in [0.15, 0.2) is 0 Å². The number of para-hydroxylation sites is 2. The zero-order chi connectivity index (χ0) is 12.5. The van der Waals surface area contributed by atoms with Crippen molar-refractivity contribution in [1.29, 1.82) is 0 Å². The lowest BCUT2D eigenvalue weighted by Gasteiger charge is -1.98. The molecule has 0 saturated carbocycles. The maximum Gasteiger partial charge on any atom is 0.263 e. The highest BCUT2D eigenvalue weighted by Gasteiger charge is 2.22. The SMILES string of the molecule is O=C1NC(=S)SC1=Cc1cnc2ccccc2n1. The highest BCUT2D eigenvalue weighted by Crippen LogP contribution is 2.25. The molecule has 1 aliphatic rings. The molecule has 2 heterocycles. The van der Waals surface area contributed by atoms with Gasteiger partial charge >= 0.3 is 0 Å². The van der Waals surface area contributed by atoms with Crippen molar-refractivity contribution in [2.45, 2.75) is 0 Å². The van der Waals surface area contributed by atoms with Crippen molar-refractivity contribution in [3.8, 4) is 0 Å². The number of amides is 1. The molecule has 1 fully saturated rings. The van der Waals surface area contributed by atoms with Gasteiger partial charge in [-0.1, -0.05) is 36.1 Å². The van der Waals surface area contributed by atoms with Crippen molar-refractivity contribution in [3.05, 3.63) is 41.1 Å². The minimum atomic E-state index is -0.181. The smallest absolute Gasteiger partial charge is 0.263 e. The third kappa shape index (κ3) is 2.12. The van der Waals surface area contributed by atoms with Crippen LogP contribution in [0.25, 0.3) is 17.1 Å². The Morgan fingerprint density at radius 2 is 2.06 bits per heavy atom. The van der Waals surface area contributed by atoms with Crippen molar-refractivity contribution in [2.75, 3.05) is 0 Å². The quantitative estimate of drug-likeness (QED) is 0.637. The first-order chi connectivity index (χ1) is 8.72. The number of nitrogens with one attached hydrogen (secondary N) is 1. The van der Waals surface area contributed by atoms with Crippen LogP contribution >= 0.6 is 24.0 Å². The molecule has 1 aliphatic heterocycles. The van der Waals surface area contributed by atoms with Gasteiger partial charge in [0.25, 0.3) is 5.91 Å². The highest BCUT2D eigenvalue weighted by molar-refractivity contribution is 8.26. The Hall–Kier alpha value is -1.79. The Morgan fingerprint density at radius 3 is 2.78 bits per heavy atom. The van der Waals surface area contributed by atoms with Crippen molar-refractivity contribution in [1.82, 2.24) is 15.3 Å². The Morgan fingerprint density at radius 1 is 1.28 bits per heavy atom. The zero-order valence-electron chi connectivity index (χ0n) is 9.08. The summed E-state index contributed by atoms with van der Waals surface area (Å²) in [5.74, 6) is -0.181. The average Bonchev–Trinajstić information content (AvgIpc) is 2.68. The van der Waals surface area contributed by atoms with Gasteiger partial charge in [0.05, 0.1) is 27.8 Å². The van der Waals surface area contributed by atoms with E-state index in [1.165, 1.54) is 11.8 Å². The van der Waals surface area contributed by atoms with Gasteiger partial charge in [-0.3, -0.25) is 9.78 Å². The van der Waals surface area contributed by atoms with Crippen LogP contribution in [-0.2, 0) is 4.79 Å². The molecule has 1 amide bonds. The minimum absolute atomic E-state index is 0.181. The van der Waals surface area contributed by atoms with Crippen molar-refractivity contribution in [3.63, 3.8) is 0 Å². The number of carbonyl (C=O) groups excluding carboxylic acids is 1. The van der Waals surface area contributed by atoms with E-state index in [9.17, 15) is 4.79 Å². The van der Waals surface area contributed by atoms with Crippen LogP contribution in [0.1, 0.15) is 5.69 Å². The summed E-state index contributed by atoms with van der Waals surface area (Å²) in [4.78, 5) is 20.8. The number of hydrogen-bond donors (Lipinski definition) is 1. The molecule has 1 aromatic carbocycles. The van der Waals surface area contributed by atoms with Crippen molar-refractivity contribution < 1.29 is 4.79 Å². The summed E-state index contributed by atoms with van der Waals surface area (Å²) in [5, 5.41) is 2.56. The molecule has 18 heavy (non-hydrogen) atoms. The van der Waals surface area contributed by atoms with E-state index in [4.69, 9.17) is 12.2 Å². The lowest BCUT2D eigenvalue weighted by molar-refractivity contribution is -0.115. The van der Waals surface area contributed by atoms with Crippen LogP contribution in [0.5, 0.6) is 0 Å². The fourth-order valence-corrected chi connectivity index (χ4v) is 2.63. The summed E-state index contributed by atoms with van der Waals surface area (Å²) in [7, 11) is 0. The van der Waals surface area contributed by atoms with Crippen LogP contribution in [0.15, 0.2) is 35.4 Å². The molecule has 4 nitrogen and oxygen atoms in total. The maximum absolute atomic E-state index is 11.5. The third-order valence-corrected chi connectivity index (χ3v) is 3.55. The molecule has 88 valence electrons. The maximum atomic E-state index is 11.5. The molecule has 1 N–H and O–H groups in total. The van der Waals surface area contributed by atoms with Gasteiger partial charge in [0, 0.05) is 0 Å². The first-order valence-corrected chi connectivity index (χ1v) is 6.41. The van der Waals surface area contributed by atoms with E-state index < -0.39 is 0 Å². The molecule has 0 spiro atoms. The number of rotatable bonds is 1. The molecular formula is C12H7N3OS2. The predicted molar refractivity (Wildman–Crippen MR) is 75.8 cm³/mol. The minimum Gasteiger partial charge on any atom is -0.307 e. The van der Waals surface area contributed by atoms with E-state index in [0.717, 1.165) is 11.0 Å². The molecule has 0 aliphatic carbocycles. The van der Waals surface area contributed by atoms with E-state index in [1.807, 2.05) is 24.3 Å². The third-order valence-electron chi connectivity index (χ3n) is 2.39. The van der Waals surface area contributed by atoms with E-state index in [1.54, 1.807) is 12.3 Å². The molecule has 2 aromatic rings. The van der Waals surface area contributed by atoms with Crippen LogP contribution in [0.2, 0.25) is 0 Å². The fraction of sp³-hybridized carbons (Fsp3) is 0. The highest BCUT2D eigenvalue weighted by atomic mass is 32.2. The van der Waals surface area contributed by atoms with E-state index >= 15 is 0 Å². The van der Waals surface area contributed by atoms with Crippen molar-refractivity contribution >= 4 is 51.3 Å². The van der Waals surface area contributed by atoms with Crippen molar-refractivity contribution in [2.24, 2.45) is 0 Å². The number of aromatic nitrogens is 2. The van der Waals surface area contributed by atoms with Crippen LogP contribution in [0.3, 0.4) is 0 Å². The Kier molecular flexibility index (Phi) is 2.81. The molecule has 1 saturated heterocycles. The number of benzene rings is 1. The molecule has 0 bridgehead atoms. The number of thiocarbonyl (C=S) groups is 1. The monoisotopic (exact) mass is 273 g/mol. The normalized spacial score (nSPS) is 17.4. The lowest BCUT2D eigenvalue weighted by atomic mass is 10.3. The Balaban J connectivity index is 2.02. The fourth-order valence-electron chi connectivity index (χ4n) is 1.60. The standard InChI is InChI=1S/C12H7N3OS2/c16-11-10(18-12(17)15-11)5-7-6-13-8-3-1-2-4-9(8)14-7/h1-6H,(H,15,16,17). The van der Waals surface area contributed by atoms with Crippen LogP contribution in [-0.4, -0.2) is 20.2 Å². The summed E-state index contributed by atoms with van der Waals surface area (Å²) >= 11 is 6.16. The second-order valence-corrected chi connectivity index (χ2v) is 5.35. The van der Waals surface area contributed by atoms with Gasteiger partial charge in [-0.25, -0.2) is 4.98 Å². The lowest BCUT2D eigenvalue weighted by Crippen LogP contribution is -2.17. The van der Waals surface area contributed by atoms with Gasteiger partial charge < -0.3 is 5.32 Å². The Labute approximate surface area is 113 Å². The average molecular weight is 273 g/mol. The largest absolute Gasteiger partial charge is 0.307 e. The van der Waals surface area contributed by atoms with Crippen LogP contribution in [0.4, 0.5) is 0 Å². The number of fused-ring (bicyclic) bond motifs is 1. The van der Waals surface area contributed by atoms with Gasteiger partial charge in [0.2, 0.25) is 0 Å². The predicted octanol–water partition coefficient (Wildman–Crippen LogP) is 2.12. The van der Waals surface area contributed by atoms with Crippen LogP contribution in [0, 0.1) is 0 Å². The summed E-state index contributed by atoms with van der Waals surface area (Å²) in [6.45, 7) is 0. The second-order valence-electron chi connectivity index (χ2n) is 3.64. The molecule has 3 rings (SSSR count). The van der Waals surface area contributed by atoms with E-state index in [2.05, 4.69) is 15.3 Å². The summed E-state index contributed by atoms with van der Waals surface area (Å²) in [5.41, 5.74) is 2.28.